The molecule has 0 amide bonds. The van der Waals surface area contributed by atoms with E-state index in [1.54, 1.807) is 7.11 Å². The number of nitrogens with zero attached hydrogens (tertiary/aromatic N) is 1. The van der Waals surface area contributed by atoms with E-state index < -0.39 is 5.97 Å². The van der Waals surface area contributed by atoms with Crippen LogP contribution in [0.15, 0.2) is 0 Å². The molecule has 0 spiro atoms. The van der Waals surface area contributed by atoms with Crippen LogP contribution in [0.1, 0.15) is 39.0 Å². The highest BCUT2D eigenvalue weighted by molar-refractivity contribution is 5.66. The first-order valence-electron chi connectivity index (χ1n) is 6.05. The van der Waals surface area contributed by atoms with E-state index in [0.717, 1.165) is 38.9 Å². The minimum atomic E-state index is -0.694. The van der Waals surface area contributed by atoms with E-state index in [0.29, 0.717) is 0 Å². The average molecular weight is 229 g/mol. The number of piperidine rings is 1. The van der Waals surface area contributed by atoms with E-state index in [2.05, 4.69) is 11.8 Å². The van der Waals surface area contributed by atoms with E-state index in [4.69, 9.17) is 9.84 Å². The number of hydrogen-bond donors (Lipinski definition) is 1. The molecule has 0 radical (unpaired) electrons. The zero-order valence-electron chi connectivity index (χ0n) is 10.4. The van der Waals surface area contributed by atoms with Gasteiger partial charge in [-0.25, -0.2) is 0 Å². The van der Waals surface area contributed by atoms with Crippen LogP contribution in [-0.2, 0) is 9.53 Å². The number of likely N-dealkylation sites (tertiary alicyclic amines) is 1. The van der Waals surface area contributed by atoms with Gasteiger partial charge in [0.25, 0.3) is 0 Å². The fourth-order valence-corrected chi connectivity index (χ4v) is 2.28. The van der Waals surface area contributed by atoms with Crippen molar-refractivity contribution >= 4 is 5.97 Å². The summed E-state index contributed by atoms with van der Waals surface area (Å²) in [6.07, 6.45) is 4.31. The topological polar surface area (TPSA) is 49.8 Å². The summed E-state index contributed by atoms with van der Waals surface area (Å²) in [6, 6.07) is 0. The Morgan fingerprint density at radius 2 is 2.25 bits per heavy atom. The van der Waals surface area contributed by atoms with Crippen LogP contribution in [0.2, 0.25) is 0 Å². The molecule has 16 heavy (non-hydrogen) atoms. The number of carboxylic acid groups (broad SMARTS) is 1. The highest BCUT2D eigenvalue weighted by Gasteiger charge is 2.30. The first-order chi connectivity index (χ1) is 7.56. The third-order valence-electron chi connectivity index (χ3n) is 3.35. The third kappa shape index (κ3) is 4.49. The Morgan fingerprint density at radius 1 is 1.50 bits per heavy atom. The van der Waals surface area contributed by atoms with Crippen LogP contribution in [0.3, 0.4) is 0 Å². The van der Waals surface area contributed by atoms with Gasteiger partial charge < -0.3 is 14.7 Å². The summed E-state index contributed by atoms with van der Waals surface area (Å²) in [5.41, 5.74) is -0.00888. The maximum absolute atomic E-state index is 10.4. The van der Waals surface area contributed by atoms with Crippen LogP contribution in [0.5, 0.6) is 0 Å². The molecule has 1 rings (SSSR count). The van der Waals surface area contributed by atoms with Gasteiger partial charge in [0.05, 0.1) is 5.60 Å². The van der Waals surface area contributed by atoms with Crippen molar-refractivity contribution in [3.8, 4) is 0 Å². The molecule has 0 aromatic rings. The third-order valence-corrected chi connectivity index (χ3v) is 3.35. The van der Waals surface area contributed by atoms with Crippen LogP contribution in [0, 0.1) is 0 Å². The van der Waals surface area contributed by atoms with Crippen LogP contribution < -0.4 is 0 Å². The Kier molecular flexibility index (Phi) is 5.22. The molecule has 1 fully saturated rings. The molecule has 1 N–H and O–H groups in total. The van der Waals surface area contributed by atoms with Crippen molar-refractivity contribution < 1.29 is 14.6 Å². The molecular weight excluding hydrogens is 206 g/mol. The van der Waals surface area contributed by atoms with Gasteiger partial charge in [-0.3, -0.25) is 4.79 Å². The zero-order valence-corrected chi connectivity index (χ0v) is 10.4. The zero-order chi connectivity index (χ0) is 12.0. The second-order valence-corrected chi connectivity index (χ2v) is 4.88. The van der Waals surface area contributed by atoms with Crippen LogP contribution in [0.25, 0.3) is 0 Å². The Bertz CT molecular complexity index is 232. The summed E-state index contributed by atoms with van der Waals surface area (Å²) >= 11 is 0. The van der Waals surface area contributed by atoms with Gasteiger partial charge in [-0.05, 0) is 45.7 Å². The number of ether oxygens (including phenoxy) is 1. The molecule has 0 aliphatic carbocycles. The molecule has 0 aromatic heterocycles. The lowest BCUT2D eigenvalue weighted by Crippen LogP contribution is -2.47. The molecule has 0 bridgehead atoms. The Balaban J connectivity index is 2.19. The largest absolute Gasteiger partial charge is 0.481 e. The Labute approximate surface area is 97.6 Å². The molecule has 4 heteroatoms. The fraction of sp³-hybridized carbons (Fsp3) is 0.917. The van der Waals surface area contributed by atoms with E-state index in [9.17, 15) is 4.79 Å². The van der Waals surface area contributed by atoms with Gasteiger partial charge in [0.1, 0.15) is 0 Å². The summed E-state index contributed by atoms with van der Waals surface area (Å²) in [5, 5.41) is 8.54. The maximum atomic E-state index is 10.4. The van der Waals surface area contributed by atoms with Crippen molar-refractivity contribution in [1.29, 1.82) is 0 Å². The predicted octanol–water partition coefficient (Wildman–Crippen LogP) is 1.74. The van der Waals surface area contributed by atoms with Gasteiger partial charge in [0, 0.05) is 20.1 Å². The normalized spacial score (nSPS) is 26.9. The summed E-state index contributed by atoms with van der Waals surface area (Å²) in [5.74, 6) is -0.694. The summed E-state index contributed by atoms with van der Waals surface area (Å²) in [6.45, 7) is 5.23. The SMILES string of the molecule is COC1(C)CCCN(CCCCC(=O)O)C1. The van der Waals surface area contributed by atoms with Crippen molar-refractivity contribution in [2.24, 2.45) is 0 Å². The lowest BCUT2D eigenvalue weighted by Gasteiger charge is -2.39. The predicted molar refractivity (Wildman–Crippen MR) is 62.6 cm³/mol. The highest BCUT2D eigenvalue weighted by Crippen LogP contribution is 2.23. The molecular formula is C12H23NO3. The Morgan fingerprint density at radius 3 is 2.88 bits per heavy atom. The molecule has 4 nitrogen and oxygen atoms in total. The van der Waals surface area contributed by atoms with Crippen molar-refractivity contribution in [2.45, 2.75) is 44.6 Å². The van der Waals surface area contributed by atoms with E-state index in [1.807, 2.05) is 0 Å². The average Bonchev–Trinajstić information content (AvgIpc) is 2.24. The summed E-state index contributed by atoms with van der Waals surface area (Å²) in [4.78, 5) is 12.7. The number of carboxylic acids is 1. The maximum Gasteiger partial charge on any atom is 0.303 e. The number of hydrogen-bond acceptors (Lipinski definition) is 3. The van der Waals surface area contributed by atoms with E-state index >= 15 is 0 Å². The van der Waals surface area contributed by atoms with Crippen LogP contribution >= 0.6 is 0 Å². The quantitative estimate of drug-likeness (QED) is 0.705. The molecule has 1 aliphatic heterocycles. The van der Waals surface area contributed by atoms with E-state index in [1.165, 1.54) is 6.42 Å². The molecule has 1 saturated heterocycles. The number of carbonyl (C=O) groups is 1. The number of unbranched alkanes of at least 4 members (excludes halogenated alkanes) is 1. The van der Waals surface area contributed by atoms with Crippen molar-refractivity contribution in [3.63, 3.8) is 0 Å². The molecule has 0 aromatic carbocycles. The first kappa shape index (κ1) is 13.5. The van der Waals surface area contributed by atoms with Gasteiger partial charge in [-0.2, -0.15) is 0 Å². The van der Waals surface area contributed by atoms with Gasteiger partial charge in [0.2, 0.25) is 0 Å². The number of rotatable bonds is 6. The van der Waals surface area contributed by atoms with Gasteiger partial charge in [0.15, 0.2) is 0 Å². The fourth-order valence-electron chi connectivity index (χ4n) is 2.28. The van der Waals surface area contributed by atoms with Crippen molar-refractivity contribution in [2.75, 3.05) is 26.7 Å². The number of methoxy groups -OCH3 is 1. The minimum Gasteiger partial charge on any atom is -0.481 e. The molecule has 1 aliphatic rings. The van der Waals surface area contributed by atoms with Gasteiger partial charge in [-0.1, -0.05) is 0 Å². The van der Waals surface area contributed by atoms with E-state index in [-0.39, 0.29) is 12.0 Å². The smallest absolute Gasteiger partial charge is 0.303 e. The second-order valence-electron chi connectivity index (χ2n) is 4.88. The lowest BCUT2D eigenvalue weighted by molar-refractivity contribution is -0.137. The molecule has 94 valence electrons. The second kappa shape index (κ2) is 6.21. The van der Waals surface area contributed by atoms with Gasteiger partial charge >= 0.3 is 5.97 Å². The summed E-state index contributed by atoms with van der Waals surface area (Å²) < 4.78 is 5.52. The number of aliphatic carboxylic acids is 1. The lowest BCUT2D eigenvalue weighted by atomic mass is 9.94. The molecule has 1 atom stereocenters. The molecule has 0 saturated carbocycles. The monoisotopic (exact) mass is 229 g/mol. The van der Waals surface area contributed by atoms with Crippen molar-refractivity contribution in [1.82, 2.24) is 4.90 Å². The Hall–Kier alpha value is -0.610. The van der Waals surface area contributed by atoms with Crippen molar-refractivity contribution in [3.05, 3.63) is 0 Å². The summed E-state index contributed by atoms with van der Waals surface area (Å²) in [7, 11) is 1.77. The minimum absolute atomic E-state index is 0.00888. The standard InChI is InChI=1S/C12H23NO3/c1-12(16-2)7-5-9-13(10-12)8-4-3-6-11(14)15/h3-10H2,1-2H3,(H,14,15). The highest BCUT2D eigenvalue weighted by atomic mass is 16.5. The molecule has 1 unspecified atom stereocenters. The first-order valence-corrected chi connectivity index (χ1v) is 6.05. The van der Waals surface area contributed by atoms with Crippen LogP contribution in [0.4, 0.5) is 0 Å². The van der Waals surface area contributed by atoms with Gasteiger partial charge in [-0.15, -0.1) is 0 Å². The van der Waals surface area contributed by atoms with Crippen LogP contribution in [-0.4, -0.2) is 48.3 Å². The molecule has 1 heterocycles.